The molecule has 0 saturated heterocycles. The molecule has 1 aromatic rings. The molecule has 0 amide bonds. The summed E-state index contributed by atoms with van der Waals surface area (Å²) in [6.45, 7) is 13.2. The molecule has 1 rings (SSSR count). The summed E-state index contributed by atoms with van der Waals surface area (Å²) in [5, 5.41) is 1.25. The molecule has 0 aromatic carbocycles. The third-order valence-electron chi connectivity index (χ3n) is 3.84. The molecule has 0 unspecified atom stereocenters. The Hall–Kier alpha value is -0.630. The third-order valence-corrected chi connectivity index (χ3v) is 4.91. The zero-order valence-electron chi connectivity index (χ0n) is 13.1. The Morgan fingerprint density at radius 3 is 2.16 bits per heavy atom. The standard InChI is InChI=1S/C17H29NS/c1-6-8-10-16(11-9-7-2)13(3)12-17-18-14(4)15(5)19-17/h16H,3,6-12H2,1-2,4-5H3. The second-order valence-corrected chi connectivity index (χ2v) is 6.85. The fraction of sp³-hybridized carbons (Fsp3) is 0.706. The zero-order chi connectivity index (χ0) is 14.3. The van der Waals surface area contributed by atoms with Crippen LogP contribution < -0.4 is 0 Å². The summed E-state index contributed by atoms with van der Waals surface area (Å²) >= 11 is 1.84. The second kappa shape index (κ2) is 8.52. The molecule has 1 aromatic heterocycles. The SMILES string of the molecule is C=C(Cc1nc(C)c(C)s1)C(CCCC)CCCC. The number of hydrogen-bond donors (Lipinski definition) is 0. The monoisotopic (exact) mass is 279 g/mol. The van der Waals surface area contributed by atoms with Crippen molar-refractivity contribution in [1.82, 2.24) is 4.98 Å². The highest BCUT2D eigenvalue weighted by Crippen LogP contribution is 2.27. The summed E-state index contributed by atoms with van der Waals surface area (Å²) in [7, 11) is 0. The molecule has 0 aliphatic heterocycles. The van der Waals surface area contributed by atoms with E-state index in [1.165, 1.54) is 59.7 Å². The lowest BCUT2D eigenvalue weighted by molar-refractivity contribution is 0.469. The minimum absolute atomic E-state index is 0.699. The molecule has 0 radical (unpaired) electrons. The van der Waals surface area contributed by atoms with Crippen molar-refractivity contribution >= 4 is 11.3 Å². The predicted octanol–water partition coefficient (Wildman–Crippen LogP) is 5.86. The number of thiazole rings is 1. The van der Waals surface area contributed by atoms with Crippen molar-refractivity contribution in [3.05, 3.63) is 27.7 Å². The normalized spacial score (nSPS) is 11.2. The lowest BCUT2D eigenvalue weighted by Crippen LogP contribution is -2.06. The highest BCUT2D eigenvalue weighted by atomic mass is 32.1. The van der Waals surface area contributed by atoms with Gasteiger partial charge >= 0.3 is 0 Å². The van der Waals surface area contributed by atoms with Gasteiger partial charge in [0.25, 0.3) is 0 Å². The molecule has 19 heavy (non-hydrogen) atoms. The topological polar surface area (TPSA) is 12.9 Å². The van der Waals surface area contributed by atoms with Gasteiger partial charge in [-0.2, -0.15) is 0 Å². The van der Waals surface area contributed by atoms with Gasteiger partial charge < -0.3 is 0 Å². The first-order chi connectivity index (χ1) is 9.08. The van der Waals surface area contributed by atoms with Crippen molar-refractivity contribution < 1.29 is 0 Å². The van der Waals surface area contributed by atoms with Gasteiger partial charge in [-0.05, 0) is 32.6 Å². The highest BCUT2D eigenvalue weighted by molar-refractivity contribution is 7.11. The molecular weight excluding hydrogens is 250 g/mol. The number of nitrogens with zero attached hydrogens (tertiary/aromatic N) is 1. The maximum absolute atomic E-state index is 4.65. The van der Waals surface area contributed by atoms with Gasteiger partial charge in [0.1, 0.15) is 0 Å². The molecule has 108 valence electrons. The van der Waals surface area contributed by atoms with Crippen molar-refractivity contribution in [3.63, 3.8) is 0 Å². The first-order valence-corrected chi connectivity index (χ1v) is 8.50. The molecule has 0 bridgehead atoms. The summed E-state index contributed by atoms with van der Waals surface area (Å²) in [5.41, 5.74) is 2.59. The summed E-state index contributed by atoms with van der Waals surface area (Å²) in [6, 6.07) is 0. The summed E-state index contributed by atoms with van der Waals surface area (Å²) < 4.78 is 0. The van der Waals surface area contributed by atoms with Gasteiger partial charge in [-0.25, -0.2) is 4.98 Å². The Balaban J connectivity index is 2.59. The Morgan fingerprint density at radius 1 is 1.16 bits per heavy atom. The molecule has 2 heteroatoms. The molecular formula is C17H29NS. The van der Waals surface area contributed by atoms with Crippen LogP contribution in [0.1, 0.15) is 68.0 Å². The van der Waals surface area contributed by atoms with Crippen LogP contribution in [-0.2, 0) is 6.42 Å². The maximum atomic E-state index is 4.65. The van der Waals surface area contributed by atoms with Crippen molar-refractivity contribution in [2.75, 3.05) is 0 Å². The van der Waals surface area contributed by atoms with Crippen molar-refractivity contribution in [1.29, 1.82) is 0 Å². The van der Waals surface area contributed by atoms with Crippen molar-refractivity contribution in [2.24, 2.45) is 5.92 Å². The molecule has 0 spiro atoms. The average molecular weight is 279 g/mol. The van der Waals surface area contributed by atoms with Gasteiger partial charge in [-0.15, -0.1) is 11.3 Å². The molecule has 0 fully saturated rings. The van der Waals surface area contributed by atoms with E-state index in [-0.39, 0.29) is 0 Å². The Morgan fingerprint density at radius 2 is 1.74 bits per heavy atom. The maximum Gasteiger partial charge on any atom is 0.0971 e. The van der Waals surface area contributed by atoms with E-state index < -0.39 is 0 Å². The van der Waals surface area contributed by atoms with Gasteiger partial charge in [0.15, 0.2) is 0 Å². The van der Waals surface area contributed by atoms with E-state index in [0.717, 1.165) is 6.42 Å². The van der Waals surface area contributed by atoms with Crippen molar-refractivity contribution in [3.8, 4) is 0 Å². The number of aryl methyl sites for hydroxylation is 2. The first kappa shape index (κ1) is 16.4. The van der Waals surface area contributed by atoms with E-state index >= 15 is 0 Å². The fourth-order valence-corrected chi connectivity index (χ4v) is 3.39. The van der Waals surface area contributed by atoms with Crippen LogP contribution in [-0.4, -0.2) is 4.98 Å². The zero-order valence-corrected chi connectivity index (χ0v) is 13.9. The van der Waals surface area contributed by atoms with Crippen LogP contribution in [0.4, 0.5) is 0 Å². The van der Waals surface area contributed by atoms with E-state index in [9.17, 15) is 0 Å². The molecule has 0 saturated carbocycles. The quantitative estimate of drug-likeness (QED) is 0.516. The predicted molar refractivity (Wildman–Crippen MR) is 87.0 cm³/mol. The summed E-state index contributed by atoms with van der Waals surface area (Å²) in [4.78, 5) is 6.00. The molecule has 0 aliphatic rings. The third kappa shape index (κ3) is 5.48. The van der Waals surface area contributed by atoms with Crippen LogP contribution in [0.25, 0.3) is 0 Å². The van der Waals surface area contributed by atoms with Gasteiger partial charge in [0.2, 0.25) is 0 Å². The molecule has 0 N–H and O–H groups in total. The number of aromatic nitrogens is 1. The van der Waals surface area contributed by atoms with Crippen LogP contribution in [0.2, 0.25) is 0 Å². The minimum Gasteiger partial charge on any atom is -0.246 e. The lowest BCUT2D eigenvalue weighted by Gasteiger charge is -2.18. The fourth-order valence-electron chi connectivity index (χ4n) is 2.41. The molecule has 0 aliphatic carbocycles. The van der Waals surface area contributed by atoms with E-state index in [1.807, 2.05) is 11.3 Å². The molecule has 1 heterocycles. The van der Waals surface area contributed by atoms with Gasteiger partial charge in [0.05, 0.1) is 10.7 Å². The smallest absolute Gasteiger partial charge is 0.0971 e. The van der Waals surface area contributed by atoms with Crippen LogP contribution in [0.15, 0.2) is 12.2 Å². The van der Waals surface area contributed by atoms with Gasteiger partial charge in [-0.3, -0.25) is 0 Å². The number of rotatable bonds is 9. The van der Waals surface area contributed by atoms with E-state index in [1.54, 1.807) is 0 Å². The Kier molecular flexibility index (Phi) is 7.37. The molecule has 0 atom stereocenters. The summed E-state index contributed by atoms with van der Waals surface area (Å²) in [6.07, 6.45) is 8.80. The van der Waals surface area contributed by atoms with Gasteiger partial charge in [0, 0.05) is 11.3 Å². The van der Waals surface area contributed by atoms with E-state index in [2.05, 4.69) is 39.3 Å². The number of hydrogen-bond acceptors (Lipinski definition) is 2. The van der Waals surface area contributed by atoms with Crippen molar-refractivity contribution in [2.45, 2.75) is 72.6 Å². The van der Waals surface area contributed by atoms with E-state index in [4.69, 9.17) is 0 Å². The van der Waals surface area contributed by atoms with E-state index in [0.29, 0.717) is 5.92 Å². The van der Waals surface area contributed by atoms with Crippen LogP contribution in [0, 0.1) is 19.8 Å². The first-order valence-electron chi connectivity index (χ1n) is 7.69. The highest BCUT2D eigenvalue weighted by Gasteiger charge is 2.14. The lowest BCUT2D eigenvalue weighted by atomic mass is 9.88. The number of allylic oxidation sites excluding steroid dienone is 1. The second-order valence-electron chi connectivity index (χ2n) is 5.57. The number of unbranched alkanes of at least 4 members (excludes halogenated alkanes) is 2. The van der Waals surface area contributed by atoms with Crippen LogP contribution in [0.3, 0.4) is 0 Å². The van der Waals surface area contributed by atoms with Crippen LogP contribution in [0.5, 0.6) is 0 Å². The summed E-state index contributed by atoms with van der Waals surface area (Å²) in [5.74, 6) is 0.699. The van der Waals surface area contributed by atoms with Gasteiger partial charge in [-0.1, -0.05) is 51.7 Å². The Labute approximate surface area is 123 Å². The molecule has 1 nitrogen and oxygen atoms in total. The Bertz CT molecular complexity index is 364. The minimum atomic E-state index is 0.699. The average Bonchev–Trinajstić information content (AvgIpc) is 2.68. The van der Waals surface area contributed by atoms with Crippen LogP contribution >= 0.6 is 11.3 Å². The largest absolute Gasteiger partial charge is 0.246 e.